The number of hydrogen-bond donors (Lipinski definition) is 0. The monoisotopic (exact) mass is 299 g/mol. The molecule has 0 unspecified atom stereocenters. The maximum atomic E-state index is 5.30. The quantitative estimate of drug-likeness (QED) is 0.863. The van der Waals surface area contributed by atoms with Crippen molar-refractivity contribution in [2.75, 3.05) is 18.0 Å². The molecule has 2 saturated heterocycles. The van der Waals surface area contributed by atoms with E-state index in [4.69, 9.17) is 4.52 Å². The van der Waals surface area contributed by atoms with E-state index in [1.54, 1.807) is 0 Å². The number of likely N-dealkylation sites (tertiary alicyclic amines) is 1. The number of hydrogen-bond acceptors (Lipinski definition) is 6. The fourth-order valence-electron chi connectivity index (χ4n) is 3.89. The Morgan fingerprint density at radius 3 is 2.64 bits per heavy atom. The minimum Gasteiger partial charge on any atom is -0.361 e. The van der Waals surface area contributed by atoms with Crippen LogP contribution in [-0.4, -0.2) is 45.2 Å². The molecule has 0 saturated carbocycles. The van der Waals surface area contributed by atoms with E-state index in [2.05, 4.69) is 24.9 Å². The van der Waals surface area contributed by atoms with E-state index < -0.39 is 0 Å². The van der Waals surface area contributed by atoms with Crippen molar-refractivity contribution in [1.82, 2.24) is 20.0 Å². The van der Waals surface area contributed by atoms with Gasteiger partial charge in [0.25, 0.3) is 0 Å². The summed E-state index contributed by atoms with van der Waals surface area (Å²) < 4.78 is 5.30. The van der Waals surface area contributed by atoms with E-state index in [9.17, 15) is 0 Å². The van der Waals surface area contributed by atoms with Crippen LogP contribution in [0.25, 0.3) is 0 Å². The highest BCUT2D eigenvalue weighted by atomic mass is 16.5. The van der Waals surface area contributed by atoms with Crippen LogP contribution in [-0.2, 0) is 6.54 Å². The van der Waals surface area contributed by atoms with Crippen molar-refractivity contribution in [3.05, 3.63) is 35.5 Å². The van der Waals surface area contributed by atoms with E-state index in [0.29, 0.717) is 12.1 Å². The van der Waals surface area contributed by atoms with E-state index in [1.165, 1.54) is 18.4 Å². The van der Waals surface area contributed by atoms with Gasteiger partial charge in [-0.15, -0.1) is 0 Å². The molecule has 4 rings (SSSR count). The van der Waals surface area contributed by atoms with Crippen LogP contribution in [0.3, 0.4) is 0 Å². The van der Waals surface area contributed by atoms with E-state index in [0.717, 1.165) is 37.0 Å². The molecule has 0 bridgehead atoms. The molecule has 0 aromatic carbocycles. The van der Waals surface area contributed by atoms with Crippen LogP contribution >= 0.6 is 0 Å². The summed E-state index contributed by atoms with van der Waals surface area (Å²) >= 11 is 0. The molecule has 0 amide bonds. The number of nitrogens with zero attached hydrogens (tertiary/aromatic N) is 5. The zero-order valence-electron chi connectivity index (χ0n) is 13.1. The maximum absolute atomic E-state index is 5.30. The number of rotatable bonds is 3. The van der Waals surface area contributed by atoms with Crippen molar-refractivity contribution in [3.63, 3.8) is 0 Å². The Bertz CT molecular complexity index is 636. The van der Waals surface area contributed by atoms with Crippen LogP contribution in [0.2, 0.25) is 0 Å². The highest BCUT2D eigenvalue weighted by Gasteiger charge is 2.43. The second-order valence-corrected chi connectivity index (χ2v) is 6.23. The van der Waals surface area contributed by atoms with Gasteiger partial charge in [0.15, 0.2) is 0 Å². The van der Waals surface area contributed by atoms with Gasteiger partial charge in [-0.1, -0.05) is 5.16 Å². The highest BCUT2D eigenvalue weighted by molar-refractivity contribution is 5.35. The third kappa shape index (κ3) is 2.18. The summed E-state index contributed by atoms with van der Waals surface area (Å²) in [5.41, 5.74) is 2.26. The lowest BCUT2D eigenvalue weighted by Crippen LogP contribution is -2.37. The lowest BCUT2D eigenvalue weighted by atomic mass is 10.1. The first-order valence-corrected chi connectivity index (χ1v) is 7.93. The van der Waals surface area contributed by atoms with Gasteiger partial charge in [-0.05, 0) is 32.8 Å². The van der Waals surface area contributed by atoms with Gasteiger partial charge in [-0.2, -0.15) is 0 Å². The van der Waals surface area contributed by atoms with Gasteiger partial charge in [-0.3, -0.25) is 4.90 Å². The SMILES string of the molecule is Cc1noc(C)c1CN1CC[C@@H]2[C@@H]1CCN2c1ncccn1. The molecular formula is C16H21N5O. The number of anilines is 1. The molecule has 0 N–H and O–H groups in total. The zero-order valence-corrected chi connectivity index (χ0v) is 13.1. The first-order valence-electron chi connectivity index (χ1n) is 7.93. The van der Waals surface area contributed by atoms with Crippen molar-refractivity contribution in [3.8, 4) is 0 Å². The Balaban J connectivity index is 1.51. The van der Waals surface area contributed by atoms with Crippen LogP contribution in [0, 0.1) is 13.8 Å². The van der Waals surface area contributed by atoms with Crippen LogP contribution in [0.5, 0.6) is 0 Å². The molecule has 2 fully saturated rings. The third-order valence-electron chi connectivity index (χ3n) is 5.04. The summed E-state index contributed by atoms with van der Waals surface area (Å²) in [5.74, 6) is 1.82. The smallest absolute Gasteiger partial charge is 0.225 e. The summed E-state index contributed by atoms with van der Waals surface area (Å²) in [4.78, 5) is 13.8. The average molecular weight is 299 g/mol. The second-order valence-electron chi connectivity index (χ2n) is 6.23. The molecule has 0 spiro atoms. The molecule has 6 heteroatoms. The minimum absolute atomic E-state index is 0.530. The van der Waals surface area contributed by atoms with Crippen LogP contribution in [0.4, 0.5) is 5.95 Å². The largest absolute Gasteiger partial charge is 0.361 e. The molecule has 0 aliphatic carbocycles. The predicted octanol–water partition coefficient (Wildman–Crippen LogP) is 1.93. The van der Waals surface area contributed by atoms with Crippen molar-refractivity contribution in [1.29, 1.82) is 0 Å². The molecule has 2 aromatic heterocycles. The molecule has 2 aliphatic rings. The molecule has 22 heavy (non-hydrogen) atoms. The van der Waals surface area contributed by atoms with Gasteiger partial charge in [0, 0.05) is 49.7 Å². The van der Waals surface area contributed by atoms with Crippen molar-refractivity contribution < 1.29 is 4.52 Å². The van der Waals surface area contributed by atoms with Gasteiger partial charge >= 0.3 is 0 Å². The standard InChI is InChI=1S/C16H21N5O/c1-11-13(12(2)22-19-11)10-20-8-4-15-14(20)5-9-21(15)16-17-6-3-7-18-16/h3,6-7,14-15H,4-5,8-10H2,1-2H3/t14-,15+/m0/s1. The van der Waals surface area contributed by atoms with Crippen molar-refractivity contribution >= 4 is 5.95 Å². The normalized spacial score (nSPS) is 24.9. The number of fused-ring (bicyclic) bond motifs is 1. The summed E-state index contributed by atoms with van der Waals surface area (Å²) in [5, 5.41) is 4.07. The van der Waals surface area contributed by atoms with E-state index in [-0.39, 0.29) is 0 Å². The topological polar surface area (TPSA) is 58.3 Å². The minimum atomic E-state index is 0.530. The maximum Gasteiger partial charge on any atom is 0.225 e. The Kier molecular flexibility index (Phi) is 3.33. The Labute approximate surface area is 130 Å². The number of aryl methyl sites for hydroxylation is 2. The molecular weight excluding hydrogens is 278 g/mol. The zero-order chi connectivity index (χ0) is 15.1. The Hall–Kier alpha value is -1.95. The van der Waals surface area contributed by atoms with E-state index in [1.807, 2.05) is 32.3 Å². The molecule has 116 valence electrons. The van der Waals surface area contributed by atoms with Gasteiger partial charge < -0.3 is 9.42 Å². The third-order valence-corrected chi connectivity index (χ3v) is 5.04. The van der Waals surface area contributed by atoms with Crippen molar-refractivity contribution in [2.45, 2.75) is 45.3 Å². The van der Waals surface area contributed by atoms with Crippen LogP contribution in [0.15, 0.2) is 23.0 Å². The second kappa shape index (κ2) is 5.35. The summed E-state index contributed by atoms with van der Waals surface area (Å²) in [6.45, 7) is 7.12. The summed E-state index contributed by atoms with van der Waals surface area (Å²) in [6, 6.07) is 2.98. The van der Waals surface area contributed by atoms with Crippen molar-refractivity contribution in [2.24, 2.45) is 0 Å². The molecule has 2 atom stereocenters. The average Bonchev–Trinajstić information content (AvgIpc) is 3.20. The fraction of sp³-hybridized carbons (Fsp3) is 0.562. The van der Waals surface area contributed by atoms with Crippen LogP contribution < -0.4 is 4.90 Å². The molecule has 2 aliphatic heterocycles. The lowest BCUT2D eigenvalue weighted by molar-refractivity contribution is 0.244. The predicted molar refractivity (Wildman–Crippen MR) is 82.6 cm³/mol. The number of aromatic nitrogens is 3. The first kappa shape index (κ1) is 13.7. The molecule has 4 heterocycles. The van der Waals surface area contributed by atoms with Crippen LogP contribution in [0.1, 0.15) is 29.9 Å². The van der Waals surface area contributed by atoms with Gasteiger partial charge in [-0.25, -0.2) is 9.97 Å². The van der Waals surface area contributed by atoms with Gasteiger partial charge in [0.1, 0.15) is 5.76 Å². The molecule has 6 nitrogen and oxygen atoms in total. The van der Waals surface area contributed by atoms with Gasteiger partial charge in [0.05, 0.1) is 5.69 Å². The molecule has 0 radical (unpaired) electrons. The molecule has 2 aromatic rings. The Morgan fingerprint density at radius 1 is 1.14 bits per heavy atom. The first-order chi connectivity index (χ1) is 10.7. The highest BCUT2D eigenvalue weighted by Crippen LogP contribution is 2.34. The summed E-state index contributed by atoms with van der Waals surface area (Å²) in [7, 11) is 0. The van der Waals surface area contributed by atoms with Gasteiger partial charge in [0.2, 0.25) is 5.95 Å². The fourth-order valence-corrected chi connectivity index (χ4v) is 3.89. The van der Waals surface area contributed by atoms with E-state index >= 15 is 0 Å². The lowest BCUT2D eigenvalue weighted by Gasteiger charge is -2.25. The Morgan fingerprint density at radius 2 is 1.91 bits per heavy atom. The summed E-state index contributed by atoms with van der Waals surface area (Å²) in [6.07, 6.45) is 6.00.